The first kappa shape index (κ1) is 17.2. The van der Waals surface area contributed by atoms with E-state index in [0.717, 1.165) is 11.8 Å². The van der Waals surface area contributed by atoms with Crippen LogP contribution in [0.15, 0.2) is 41.3 Å². The number of ether oxygens (including phenoxy) is 2. The van der Waals surface area contributed by atoms with Crippen molar-refractivity contribution in [1.29, 1.82) is 0 Å². The van der Waals surface area contributed by atoms with Crippen molar-refractivity contribution in [3.8, 4) is 0 Å². The van der Waals surface area contributed by atoms with Gasteiger partial charge in [-0.1, -0.05) is 0 Å². The Morgan fingerprint density at radius 2 is 1.92 bits per heavy atom. The third-order valence-electron chi connectivity index (χ3n) is 3.22. The van der Waals surface area contributed by atoms with E-state index in [1.807, 2.05) is 0 Å². The molecule has 2 aromatic rings. The predicted octanol–water partition coefficient (Wildman–Crippen LogP) is 0.975. The Morgan fingerprint density at radius 3 is 2.54 bits per heavy atom. The monoisotopic (exact) mass is 332 g/mol. The van der Waals surface area contributed by atoms with Crippen molar-refractivity contribution >= 4 is 17.8 Å². The lowest BCUT2D eigenvalue weighted by atomic mass is 10.1. The van der Waals surface area contributed by atoms with E-state index in [-0.39, 0.29) is 17.7 Å². The highest BCUT2D eigenvalue weighted by Crippen LogP contribution is 2.10. The van der Waals surface area contributed by atoms with Gasteiger partial charge in [0, 0.05) is 24.9 Å². The van der Waals surface area contributed by atoms with Gasteiger partial charge in [0.2, 0.25) is 0 Å². The molecule has 0 fully saturated rings. The van der Waals surface area contributed by atoms with Crippen LogP contribution in [0.2, 0.25) is 0 Å². The topological polar surface area (TPSA) is 108 Å². The summed E-state index contributed by atoms with van der Waals surface area (Å²) in [5, 5.41) is 2.52. The summed E-state index contributed by atoms with van der Waals surface area (Å²) in [5.41, 5.74) is 0.904. The fourth-order valence-corrected chi connectivity index (χ4v) is 2.00. The Morgan fingerprint density at radius 1 is 1.21 bits per heavy atom. The number of carbonyl (C=O) groups excluding carboxylic acids is 3. The summed E-state index contributed by atoms with van der Waals surface area (Å²) < 4.78 is 14.3. The second kappa shape index (κ2) is 7.91. The molecular weight excluding hydrogens is 316 g/mol. The lowest BCUT2D eigenvalue weighted by molar-refractivity contribution is -0.142. The minimum Gasteiger partial charge on any atom is -0.467 e. The molecule has 0 aliphatic rings. The molecule has 24 heavy (non-hydrogen) atoms. The van der Waals surface area contributed by atoms with E-state index in [1.165, 1.54) is 20.3 Å². The highest BCUT2D eigenvalue weighted by atomic mass is 16.5. The predicted molar refractivity (Wildman–Crippen MR) is 81.3 cm³/mol. The van der Waals surface area contributed by atoms with E-state index in [4.69, 9.17) is 9.15 Å². The molecule has 0 spiro atoms. The number of methoxy groups -OCH3 is 2. The van der Waals surface area contributed by atoms with Crippen LogP contribution in [0, 0.1) is 0 Å². The summed E-state index contributed by atoms with van der Waals surface area (Å²) in [6, 6.07) is 3.79. The Bertz CT molecular complexity index is 725. The lowest BCUT2D eigenvalue weighted by Gasteiger charge is -2.15. The van der Waals surface area contributed by atoms with Gasteiger partial charge >= 0.3 is 11.9 Å². The van der Waals surface area contributed by atoms with E-state index in [0.29, 0.717) is 0 Å². The molecule has 0 aromatic carbocycles. The Hall–Kier alpha value is -3.16. The van der Waals surface area contributed by atoms with Gasteiger partial charge in [0.1, 0.15) is 12.3 Å². The van der Waals surface area contributed by atoms with Crippen molar-refractivity contribution in [3.05, 3.63) is 53.7 Å². The number of nitrogens with one attached hydrogen (secondary N) is 1. The molecule has 8 nitrogen and oxygen atoms in total. The van der Waals surface area contributed by atoms with Gasteiger partial charge in [-0.25, -0.2) is 9.59 Å². The first-order valence-corrected chi connectivity index (χ1v) is 6.99. The van der Waals surface area contributed by atoms with E-state index in [1.54, 1.807) is 24.5 Å². The number of aromatic nitrogens is 1. The van der Waals surface area contributed by atoms with E-state index >= 15 is 0 Å². The molecule has 2 heterocycles. The standard InChI is InChI=1S/C16H16N2O6/c1-22-15(20)11-8-13(24-9-11)14(19)18-12(16(21)23-2)7-10-3-5-17-6-4-10/h3-6,8-9,12H,7H2,1-2H3,(H,18,19). The smallest absolute Gasteiger partial charge is 0.341 e. The molecule has 1 atom stereocenters. The van der Waals surface area contributed by atoms with Gasteiger partial charge in [0.25, 0.3) is 5.91 Å². The van der Waals surface area contributed by atoms with Gasteiger partial charge < -0.3 is 19.2 Å². The molecular formula is C16H16N2O6. The number of furan rings is 1. The van der Waals surface area contributed by atoms with Crippen LogP contribution in [0.3, 0.4) is 0 Å². The number of hydrogen-bond donors (Lipinski definition) is 1. The molecule has 126 valence electrons. The Kier molecular flexibility index (Phi) is 5.67. The first-order chi connectivity index (χ1) is 11.5. The fraction of sp³-hybridized carbons (Fsp3) is 0.250. The lowest BCUT2D eigenvalue weighted by Crippen LogP contribution is -2.43. The summed E-state index contributed by atoms with van der Waals surface area (Å²) in [6.07, 6.45) is 4.50. The normalized spacial score (nSPS) is 11.4. The number of esters is 2. The maximum absolute atomic E-state index is 12.2. The van der Waals surface area contributed by atoms with Gasteiger partial charge in [-0.2, -0.15) is 0 Å². The van der Waals surface area contributed by atoms with E-state index in [2.05, 4.69) is 15.0 Å². The van der Waals surface area contributed by atoms with Crippen LogP contribution in [-0.4, -0.2) is 43.1 Å². The number of amides is 1. The van der Waals surface area contributed by atoms with Gasteiger partial charge in [-0.15, -0.1) is 0 Å². The summed E-state index contributed by atoms with van der Waals surface area (Å²) in [5.74, 6) is -1.98. The average molecular weight is 332 g/mol. The van der Waals surface area contributed by atoms with Crippen LogP contribution in [-0.2, 0) is 20.7 Å². The molecule has 1 unspecified atom stereocenters. The number of pyridine rings is 1. The molecule has 1 amide bonds. The Labute approximate surface area is 137 Å². The minimum atomic E-state index is -0.906. The molecule has 0 aliphatic heterocycles. The van der Waals surface area contributed by atoms with Crippen LogP contribution in [0.5, 0.6) is 0 Å². The SMILES string of the molecule is COC(=O)c1coc(C(=O)NC(Cc2ccncc2)C(=O)OC)c1. The molecule has 0 saturated heterocycles. The van der Waals surface area contributed by atoms with Gasteiger partial charge in [0.15, 0.2) is 5.76 Å². The van der Waals surface area contributed by atoms with E-state index in [9.17, 15) is 14.4 Å². The van der Waals surface area contributed by atoms with Crippen molar-refractivity contribution in [2.24, 2.45) is 0 Å². The largest absolute Gasteiger partial charge is 0.467 e. The third-order valence-corrected chi connectivity index (χ3v) is 3.22. The zero-order valence-electron chi connectivity index (χ0n) is 13.1. The summed E-state index contributed by atoms with van der Waals surface area (Å²) in [6.45, 7) is 0. The van der Waals surface area contributed by atoms with Crippen LogP contribution < -0.4 is 5.32 Å². The quantitative estimate of drug-likeness (QED) is 0.785. The summed E-state index contributed by atoms with van der Waals surface area (Å²) in [7, 11) is 2.45. The van der Waals surface area contributed by atoms with Crippen LogP contribution >= 0.6 is 0 Å². The van der Waals surface area contributed by atoms with Crippen LogP contribution in [0.4, 0.5) is 0 Å². The number of nitrogens with zero attached hydrogens (tertiary/aromatic N) is 1. The maximum atomic E-state index is 12.2. The van der Waals surface area contributed by atoms with Gasteiger partial charge in [-0.05, 0) is 17.7 Å². The van der Waals surface area contributed by atoms with E-state index < -0.39 is 23.9 Å². The molecule has 1 N–H and O–H groups in total. The molecule has 2 aromatic heterocycles. The van der Waals surface area contributed by atoms with Gasteiger partial charge in [-0.3, -0.25) is 9.78 Å². The average Bonchev–Trinajstić information content (AvgIpc) is 3.11. The zero-order chi connectivity index (χ0) is 17.5. The first-order valence-electron chi connectivity index (χ1n) is 6.99. The molecule has 0 saturated carbocycles. The zero-order valence-corrected chi connectivity index (χ0v) is 13.1. The number of carbonyl (C=O) groups is 3. The molecule has 0 bridgehead atoms. The number of rotatable bonds is 6. The van der Waals surface area contributed by atoms with Crippen molar-refractivity contribution in [2.45, 2.75) is 12.5 Å². The van der Waals surface area contributed by atoms with Crippen molar-refractivity contribution < 1.29 is 28.3 Å². The van der Waals surface area contributed by atoms with Crippen molar-refractivity contribution in [1.82, 2.24) is 10.3 Å². The van der Waals surface area contributed by atoms with Crippen LogP contribution in [0.1, 0.15) is 26.5 Å². The maximum Gasteiger partial charge on any atom is 0.341 e. The molecule has 0 aliphatic carbocycles. The molecule has 0 radical (unpaired) electrons. The second-order valence-corrected chi connectivity index (χ2v) is 4.80. The third kappa shape index (κ3) is 4.19. The van der Waals surface area contributed by atoms with Crippen molar-refractivity contribution in [3.63, 3.8) is 0 Å². The minimum absolute atomic E-state index is 0.103. The number of hydrogen-bond acceptors (Lipinski definition) is 7. The molecule has 8 heteroatoms. The van der Waals surface area contributed by atoms with Crippen LogP contribution in [0.25, 0.3) is 0 Å². The molecule has 2 rings (SSSR count). The summed E-state index contributed by atoms with van der Waals surface area (Å²) in [4.78, 5) is 39.4. The highest BCUT2D eigenvalue weighted by molar-refractivity contribution is 5.97. The van der Waals surface area contributed by atoms with Gasteiger partial charge in [0.05, 0.1) is 19.8 Å². The second-order valence-electron chi connectivity index (χ2n) is 4.80. The fourth-order valence-electron chi connectivity index (χ4n) is 2.00. The van der Waals surface area contributed by atoms with Crippen molar-refractivity contribution in [2.75, 3.05) is 14.2 Å². The Balaban J connectivity index is 2.11. The highest BCUT2D eigenvalue weighted by Gasteiger charge is 2.24. The summed E-state index contributed by atoms with van der Waals surface area (Å²) >= 11 is 0.